The van der Waals surface area contributed by atoms with Crippen molar-refractivity contribution in [1.82, 2.24) is 9.47 Å². The Morgan fingerprint density at radius 3 is 2.52 bits per heavy atom. The molecule has 0 spiro atoms. The molecular weight excluding hydrogens is 428 g/mol. The standard InChI is InChI=1S/C25H25ClN2O2S/c1-4-18-6-5-7-21-19(12-22-24(29)28(13-16(2)3)25(30)31-22)15-27(23(18)21)14-17-8-10-20(26)11-9-17/h5-12,15-16H,4,13-14H2,1-3H3/b22-12-. The van der Waals surface area contributed by atoms with E-state index in [4.69, 9.17) is 11.6 Å². The number of aryl methyl sites for hydroxylation is 1. The molecule has 0 atom stereocenters. The number of hydrogen-bond donors (Lipinski definition) is 0. The minimum Gasteiger partial charge on any atom is -0.342 e. The highest BCUT2D eigenvalue weighted by Gasteiger charge is 2.35. The van der Waals surface area contributed by atoms with Crippen molar-refractivity contribution >= 4 is 51.5 Å². The molecule has 0 radical (unpaired) electrons. The predicted octanol–water partition coefficient (Wildman–Crippen LogP) is 6.60. The Hall–Kier alpha value is -2.50. The molecule has 2 amide bonds. The first-order valence-electron chi connectivity index (χ1n) is 10.5. The van der Waals surface area contributed by atoms with Crippen LogP contribution < -0.4 is 0 Å². The maximum atomic E-state index is 12.8. The highest BCUT2D eigenvalue weighted by Crippen LogP contribution is 2.35. The van der Waals surface area contributed by atoms with Crippen LogP contribution in [0.15, 0.2) is 53.6 Å². The van der Waals surface area contributed by atoms with Crippen LogP contribution in [0.2, 0.25) is 5.02 Å². The van der Waals surface area contributed by atoms with Crippen molar-refractivity contribution in [2.24, 2.45) is 5.92 Å². The molecule has 3 aromatic rings. The Labute approximate surface area is 191 Å². The van der Waals surface area contributed by atoms with Crippen LogP contribution in [0.3, 0.4) is 0 Å². The van der Waals surface area contributed by atoms with Gasteiger partial charge in [0.2, 0.25) is 0 Å². The molecule has 4 rings (SSSR count). The number of aromatic nitrogens is 1. The van der Waals surface area contributed by atoms with Gasteiger partial charge in [0.15, 0.2) is 0 Å². The Morgan fingerprint density at radius 1 is 1.10 bits per heavy atom. The number of para-hydroxylation sites is 1. The lowest BCUT2D eigenvalue weighted by Crippen LogP contribution is -2.31. The van der Waals surface area contributed by atoms with E-state index in [1.165, 1.54) is 10.5 Å². The van der Waals surface area contributed by atoms with Crippen LogP contribution in [0.1, 0.15) is 37.5 Å². The van der Waals surface area contributed by atoms with Crippen LogP contribution in [0, 0.1) is 5.92 Å². The minimum absolute atomic E-state index is 0.191. The first-order chi connectivity index (χ1) is 14.9. The van der Waals surface area contributed by atoms with Gasteiger partial charge in [-0.15, -0.1) is 0 Å². The quantitative estimate of drug-likeness (QED) is 0.396. The van der Waals surface area contributed by atoms with Crippen LogP contribution in [-0.4, -0.2) is 27.2 Å². The number of carbonyl (C=O) groups excluding carboxylic acids is 2. The number of nitrogens with zero attached hydrogens (tertiary/aromatic N) is 2. The number of carbonyl (C=O) groups is 2. The molecule has 6 heteroatoms. The van der Waals surface area contributed by atoms with E-state index in [0.29, 0.717) is 23.0 Å². The van der Waals surface area contributed by atoms with Gasteiger partial charge in [-0.2, -0.15) is 0 Å². The van der Waals surface area contributed by atoms with Crippen molar-refractivity contribution < 1.29 is 9.59 Å². The summed E-state index contributed by atoms with van der Waals surface area (Å²) in [5.41, 5.74) is 4.51. The maximum absolute atomic E-state index is 12.8. The molecule has 1 aliphatic heterocycles. The summed E-state index contributed by atoms with van der Waals surface area (Å²) in [4.78, 5) is 27.0. The summed E-state index contributed by atoms with van der Waals surface area (Å²) in [6.07, 6.45) is 4.85. The van der Waals surface area contributed by atoms with E-state index in [1.54, 1.807) is 0 Å². The summed E-state index contributed by atoms with van der Waals surface area (Å²) in [5, 5.41) is 1.61. The van der Waals surface area contributed by atoms with Gasteiger partial charge in [-0.25, -0.2) is 0 Å². The Bertz CT molecular complexity index is 1180. The van der Waals surface area contributed by atoms with Crippen LogP contribution in [0.4, 0.5) is 4.79 Å². The zero-order valence-corrected chi connectivity index (χ0v) is 19.5. The van der Waals surface area contributed by atoms with Gasteiger partial charge in [0.25, 0.3) is 11.1 Å². The average Bonchev–Trinajstić information content (AvgIpc) is 3.21. The second kappa shape index (κ2) is 8.93. The molecule has 1 saturated heterocycles. The third-order valence-corrected chi connectivity index (χ3v) is 6.53. The van der Waals surface area contributed by atoms with E-state index in [9.17, 15) is 9.59 Å². The smallest absolute Gasteiger partial charge is 0.293 e. The van der Waals surface area contributed by atoms with Crippen LogP contribution in [0.25, 0.3) is 17.0 Å². The zero-order valence-electron chi connectivity index (χ0n) is 17.9. The molecule has 1 aliphatic rings. The first kappa shape index (κ1) is 21.7. The largest absolute Gasteiger partial charge is 0.342 e. The number of fused-ring (bicyclic) bond motifs is 1. The second-order valence-electron chi connectivity index (χ2n) is 8.19. The lowest BCUT2D eigenvalue weighted by molar-refractivity contribution is -0.123. The summed E-state index contributed by atoms with van der Waals surface area (Å²) in [6, 6.07) is 14.1. The van der Waals surface area contributed by atoms with Gasteiger partial charge in [-0.05, 0) is 53.4 Å². The van der Waals surface area contributed by atoms with Crippen molar-refractivity contribution in [3.63, 3.8) is 0 Å². The van der Waals surface area contributed by atoms with Gasteiger partial charge in [0, 0.05) is 35.3 Å². The summed E-state index contributed by atoms with van der Waals surface area (Å²) in [5.74, 6) is 0.0372. The van der Waals surface area contributed by atoms with E-state index in [-0.39, 0.29) is 17.1 Å². The molecule has 0 bridgehead atoms. The molecule has 1 aromatic heterocycles. The summed E-state index contributed by atoms with van der Waals surface area (Å²) in [7, 11) is 0. The van der Waals surface area contributed by atoms with Crippen LogP contribution >= 0.6 is 23.4 Å². The fraction of sp³-hybridized carbons (Fsp3) is 0.280. The molecule has 4 nitrogen and oxygen atoms in total. The molecule has 31 heavy (non-hydrogen) atoms. The number of halogens is 1. The number of benzene rings is 2. The topological polar surface area (TPSA) is 42.3 Å². The average molecular weight is 453 g/mol. The number of thioether (sulfide) groups is 1. The third kappa shape index (κ3) is 4.43. The van der Waals surface area contributed by atoms with E-state index < -0.39 is 0 Å². The second-order valence-corrected chi connectivity index (χ2v) is 9.62. The Morgan fingerprint density at radius 2 is 1.84 bits per heavy atom. The SMILES string of the molecule is CCc1cccc2c(/C=C3\SC(=O)N(CC(C)C)C3=O)cn(Cc3ccc(Cl)cc3)c12. The highest BCUT2D eigenvalue weighted by atomic mass is 35.5. The number of amides is 2. The molecule has 1 fully saturated rings. The molecular formula is C25H25ClN2O2S. The van der Waals surface area contributed by atoms with Crippen molar-refractivity contribution in [2.75, 3.05) is 6.54 Å². The number of rotatable bonds is 6. The molecule has 0 aliphatic carbocycles. The van der Waals surface area contributed by atoms with Crippen molar-refractivity contribution in [2.45, 2.75) is 33.7 Å². The van der Waals surface area contributed by atoms with Crippen LogP contribution in [0.5, 0.6) is 0 Å². The molecule has 0 unspecified atom stereocenters. The Kier molecular flexibility index (Phi) is 6.26. The monoisotopic (exact) mass is 452 g/mol. The highest BCUT2D eigenvalue weighted by molar-refractivity contribution is 8.18. The molecule has 160 valence electrons. The maximum Gasteiger partial charge on any atom is 0.293 e. The number of imide groups is 1. The lowest BCUT2D eigenvalue weighted by atomic mass is 10.1. The number of hydrogen-bond acceptors (Lipinski definition) is 3. The van der Waals surface area contributed by atoms with Gasteiger partial charge < -0.3 is 4.57 Å². The first-order valence-corrected chi connectivity index (χ1v) is 11.7. The van der Waals surface area contributed by atoms with Gasteiger partial charge in [-0.3, -0.25) is 14.5 Å². The zero-order chi connectivity index (χ0) is 22.1. The predicted molar refractivity (Wildman–Crippen MR) is 129 cm³/mol. The van der Waals surface area contributed by atoms with Crippen molar-refractivity contribution in [3.8, 4) is 0 Å². The van der Waals surface area contributed by atoms with Crippen molar-refractivity contribution in [1.29, 1.82) is 0 Å². The van der Waals surface area contributed by atoms with Crippen LogP contribution in [-0.2, 0) is 17.8 Å². The summed E-state index contributed by atoms with van der Waals surface area (Å²) >= 11 is 7.07. The van der Waals surface area contributed by atoms with Gasteiger partial charge in [0.1, 0.15) is 0 Å². The van der Waals surface area contributed by atoms with Gasteiger partial charge in [-0.1, -0.05) is 62.7 Å². The van der Waals surface area contributed by atoms with Crippen molar-refractivity contribution in [3.05, 3.63) is 75.3 Å². The van der Waals surface area contributed by atoms with E-state index >= 15 is 0 Å². The molecule has 2 aromatic carbocycles. The van der Waals surface area contributed by atoms with E-state index in [0.717, 1.165) is 40.2 Å². The van der Waals surface area contributed by atoms with Gasteiger partial charge in [0.05, 0.1) is 10.4 Å². The fourth-order valence-corrected chi connectivity index (χ4v) is 4.91. The van der Waals surface area contributed by atoms with E-state index in [2.05, 4.69) is 35.9 Å². The fourth-order valence-electron chi connectivity index (χ4n) is 3.94. The minimum atomic E-state index is -0.200. The summed E-state index contributed by atoms with van der Waals surface area (Å²) < 4.78 is 2.22. The van der Waals surface area contributed by atoms with E-state index in [1.807, 2.05) is 44.2 Å². The normalized spacial score (nSPS) is 15.8. The third-order valence-electron chi connectivity index (χ3n) is 5.37. The lowest BCUT2D eigenvalue weighted by Gasteiger charge is -2.14. The molecule has 0 N–H and O–H groups in total. The van der Waals surface area contributed by atoms with Gasteiger partial charge >= 0.3 is 0 Å². The molecule has 0 saturated carbocycles. The molecule has 2 heterocycles. The summed E-state index contributed by atoms with van der Waals surface area (Å²) in [6.45, 7) is 7.30. The Balaban J connectivity index is 1.77.